The van der Waals surface area contributed by atoms with Crippen LogP contribution in [0.5, 0.6) is 17.2 Å². The molecule has 1 unspecified atom stereocenters. The summed E-state index contributed by atoms with van der Waals surface area (Å²) in [4.78, 5) is 19.1. The molecule has 0 spiro atoms. The summed E-state index contributed by atoms with van der Waals surface area (Å²) in [7, 11) is 0. The summed E-state index contributed by atoms with van der Waals surface area (Å²) in [6, 6.07) is 17.1. The molecule has 8 nitrogen and oxygen atoms in total. The molecular weight excluding hydrogens is 458 g/mol. The number of amides is 1. The molecule has 0 radical (unpaired) electrons. The van der Waals surface area contributed by atoms with Gasteiger partial charge in [-0.25, -0.2) is 4.79 Å². The highest BCUT2D eigenvalue weighted by Crippen LogP contribution is 2.44. The third-order valence-corrected chi connectivity index (χ3v) is 6.29. The third kappa shape index (κ3) is 5.23. The van der Waals surface area contributed by atoms with Crippen LogP contribution in [0.1, 0.15) is 44.4 Å². The molecule has 188 valence electrons. The molecule has 3 aromatic rings. The van der Waals surface area contributed by atoms with Gasteiger partial charge in [-0.1, -0.05) is 24.3 Å². The molecule has 0 aliphatic carbocycles. The number of phenolic OH excluding ortho intramolecular Hbond substituents is 1. The first kappa shape index (κ1) is 23.9. The maximum Gasteiger partial charge on any atom is 0.407 e. The smallest absolute Gasteiger partial charge is 0.407 e. The predicted molar refractivity (Wildman–Crippen MR) is 135 cm³/mol. The van der Waals surface area contributed by atoms with E-state index in [0.29, 0.717) is 18.0 Å². The van der Waals surface area contributed by atoms with Crippen molar-refractivity contribution in [1.82, 2.24) is 15.2 Å². The first-order chi connectivity index (χ1) is 17.3. The lowest BCUT2D eigenvalue weighted by atomic mass is 9.94. The van der Waals surface area contributed by atoms with Gasteiger partial charge in [0, 0.05) is 42.5 Å². The van der Waals surface area contributed by atoms with Gasteiger partial charge in [-0.15, -0.1) is 0 Å². The molecule has 2 atom stereocenters. The number of alkyl carbamates (subject to hydrolysis) is 1. The van der Waals surface area contributed by atoms with Crippen molar-refractivity contribution < 1.29 is 24.1 Å². The third-order valence-electron chi connectivity index (χ3n) is 6.29. The summed E-state index contributed by atoms with van der Waals surface area (Å²) in [5, 5.41) is 14.0. The number of benzene rings is 2. The molecular formula is C28H31N3O5. The van der Waals surface area contributed by atoms with Gasteiger partial charge in [0.2, 0.25) is 6.79 Å². The Balaban J connectivity index is 1.47. The summed E-state index contributed by atoms with van der Waals surface area (Å²) >= 11 is 0. The lowest BCUT2D eigenvalue weighted by Crippen LogP contribution is -2.41. The van der Waals surface area contributed by atoms with Crippen LogP contribution in [0.3, 0.4) is 0 Å². The standard InChI is InChI=1S/C28H31N3O5/c1-28(2,3)36-27(33)30-20-10-12-31(16-20)26(21-14-24-25(15-23(21)32)35-17-34-24)19-8-6-7-18(13-19)22-9-4-5-11-29-22/h4-9,11,13-15,20,26,32H,10,12,16-17H2,1-3H3,(H,30,33)/t20-,26?/m1/s1. The Morgan fingerprint density at radius 1 is 1.14 bits per heavy atom. The Morgan fingerprint density at radius 3 is 2.69 bits per heavy atom. The van der Waals surface area contributed by atoms with Gasteiger partial charge in [-0.3, -0.25) is 9.88 Å². The monoisotopic (exact) mass is 489 g/mol. The van der Waals surface area contributed by atoms with E-state index in [4.69, 9.17) is 14.2 Å². The number of hydrogen-bond donors (Lipinski definition) is 2. The molecule has 5 rings (SSSR count). The molecule has 8 heteroatoms. The number of phenols is 1. The van der Waals surface area contributed by atoms with E-state index in [0.717, 1.165) is 35.3 Å². The van der Waals surface area contributed by atoms with Gasteiger partial charge in [-0.05, 0) is 57.0 Å². The van der Waals surface area contributed by atoms with Gasteiger partial charge in [-0.2, -0.15) is 0 Å². The van der Waals surface area contributed by atoms with E-state index in [2.05, 4.69) is 27.3 Å². The van der Waals surface area contributed by atoms with Gasteiger partial charge in [0.25, 0.3) is 0 Å². The van der Waals surface area contributed by atoms with Crippen LogP contribution in [0, 0.1) is 0 Å². The fourth-order valence-corrected chi connectivity index (χ4v) is 4.77. The largest absolute Gasteiger partial charge is 0.507 e. The zero-order chi connectivity index (χ0) is 25.3. The molecule has 1 amide bonds. The van der Waals surface area contributed by atoms with Crippen molar-refractivity contribution in [3.63, 3.8) is 0 Å². The average Bonchev–Trinajstić information content (AvgIpc) is 3.48. The van der Waals surface area contributed by atoms with Crippen molar-refractivity contribution in [3.8, 4) is 28.5 Å². The number of pyridine rings is 1. The maximum absolute atomic E-state index is 12.4. The van der Waals surface area contributed by atoms with Crippen LogP contribution in [0.15, 0.2) is 60.8 Å². The first-order valence-corrected chi connectivity index (χ1v) is 12.1. The fraction of sp³-hybridized carbons (Fsp3) is 0.357. The number of hydrogen-bond acceptors (Lipinski definition) is 7. The normalized spacial score (nSPS) is 18.1. The van der Waals surface area contributed by atoms with Gasteiger partial charge >= 0.3 is 6.09 Å². The second-order valence-corrected chi connectivity index (χ2v) is 10.1. The molecule has 36 heavy (non-hydrogen) atoms. The summed E-state index contributed by atoms with van der Waals surface area (Å²) in [5.41, 5.74) is 3.02. The Morgan fingerprint density at radius 2 is 1.94 bits per heavy atom. The minimum absolute atomic E-state index is 0.0718. The Hall–Kier alpha value is -3.78. The number of carbonyl (C=O) groups is 1. The number of nitrogens with zero attached hydrogens (tertiary/aromatic N) is 2. The van der Waals surface area contributed by atoms with E-state index >= 15 is 0 Å². The van der Waals surface area contributed by atoms with Crippen LogP contribution < -0.4 is 14.8 Å². The maximum atomic E-state index is 12.4. The molecule has 2 aliphatic rings. The van der Waals surface area contributed by atoms with Crippen LogP contribution in [0.2, 0.25) is 0 Å². The molecule has 1 aromatic heterocycles. The van der Waals surface area contributed by atoms with Crippen molar-refractivity contribution in [2.24, 2.45) is 0 Å². The van der Waals surface area contributed by atoms with E-state index in [-0.39, 0.29) is 24.6 Å². The van der Waals surface area contributed by atoms with E-state index in [1.807, 2.05) is 57.2 Å². The summed E-state index contributed by atoms with van der Waals surface area (Å²) < 4.78 is 16.5. The van der Waals surface area contributed by atoms with Crippen LogP contribution >= 0.6 is 0 Å². The molecule has 2 N–H and O–H groups in total. The van der Waals surface area contributed by atoms with Crippen molar-refractivity contribution in [2.45, 2.75) is 44.9 Å². The van der Waals surface area contributed by atoms with Crippen molar-refractivity contribution in [1.29, 1.82) is 0 Å². The molecule has 1 saturated heterocycles. The number of nitrogens with one attached hydrogen (secondary N) is 1. The van der Waals surface area contributed by atoms with Crippen LogP contribution in [-0.4, -0.2) is 52.6 Å². The van der Waals surface area contributed by atoms with Gasteiger partial charge in [0.05, 0.1) is 11.7 Å². The van der Waals surface area contributed by atoms with Gasteiger partial charge < -0.3 is 24.6 Å². The first-order valence-electron chi connectivity index (χ1n) is 12.1. The Labute approximate surface area is 210 Å². The SMILES string of the molecule is CC(C)(C)OC(=O)N[C@@H]1CCN(C(c2cccc(-c3ccccn3)c2)c2cc3c(cc2O)OCO3)C1. The predicted octanol–water partition coefficient (Wildman–Crippen LogP) is 4.87. The van der Waals surface area contributed by atoms with Gasteiger partial charge in [0.15, 0.2) is 11.5 Å². The Kier molecular flexibility index (Phi) is 6.45. The highest BCUT2D eigenvalue weighted by atomic mass is 16.7. The minimum atomic E-state index is -0.560. The zero-order valence-corrected chi connectivity index (χ0v) is 20.7. The second-order valence-electron chi connectivity index (χ2n) is 10.1. The lowest BCUT2D eigenvalue weighted by Gasteiger charge is -2.30. The summed E-state index contributed by atoms with van der Waals surface area (Å²) in [6.45, 7) is 7.00. The number of ether oxygens (including phenoxy) is 3. The lowest BCUT2D eigenvalue weighted by molar-refractivity contribution is 0.0505. The zero-order valence-electron chi connectivity index (χ0n) is 20.7. The van der Waals surface area contributed by atoms with E-state index in [9.17, 15) is 9.90 Å². The highest BCUT2D eigenvalue weighted by molar-refractivity contribution is 5.68. The number of aromatic hydroxyl groups is 1. The quantitative estimate of drug-likeness (QED) is 0.528. The van der Waals surface area contributed by atoms with E-state index in [1.54, 1.807) is 12.3 Å². The number of likely N-dealkylation sites (tertiary alicyclic amines) is 1. The molecule has 2 aromatic carbocycles. The Bertz CT molecular complexity index is 1240. The second kappa shape index (κ2) is 9.70. The number of aromatic nitrogens is 1. The molecule has 2 aliphatic heterocycles. The van der Waals surface area contributed by atoms with Crippen LogP contribution in [0.25, 0.3) is 11.3 Å². The number of rotatable bonds is 5. The molecule has 0 bridgehead atoms. The van der Waals surface area contributed by atoms with E-state index < -0.39 is 11.7 Å². The van der Waals surface area contributed by atoms with Gasteiger partial charge in [0.1, 0.15) is 11.4 Å². The fourth-order valence-electron chi connectivity index (χ4n) is 4.77. The van der Waals surface area contributed by atoms with Crippen molar-refractivity contribution in [3.05, 3.63) is 71.9 Å². The molecule has 3 heterocycles. The number of fused-ring (bicyclic) bond motifs is 1. The molecule has 1 fully saturated rings. The molecule has 0 saturated carbocycles. The topological polar surface area (TPSA) is 93.2 Å². The van der Waals surface area contributed by atoms with Crippen LogP contribution in [0.4, 0.5) is 4.79 Å². The van der Waals surface area contributed by atoms with Crippen molar-refractivity contribution in [2.75, 3.05) is 19.9 Å². The van der Waals surface area contributed by atoms with Crippen LogP contribution in [-0.2, 0) is 4.74 Å². The minimum Gasteiger partial charge on any atom is -0.507 e. The number of carbonyl (C=O) groups excluding carboxylic acids is 1. The van der Waals surface area contributed by atoms with Crippen molar-refractivity contribution >= 4 is 6.09 Å². The van der Waals surface area contributed by atoms with E-state index in [1.165, 1.54) is 0 Å². The summed E-state index contributed by atoms with van der Waals surface area (Å²) in [5.74, 6) is 1.27. The summed E-state index contributed by atoms with van der Waals surface area (Å²) in [6.07, 6.45) is 2.12. The average molecular weight is 490 g/mol. The highest BCUT2D eigenvalue weighted by Gasteiger charge is 2.34.